The zero-order valence-electron chi connectivity index (χ0n) is 15.3. The number of aliphatic hydroxyl groups excluding tert-OH is 2. The van der Waals surface area contributed by atoms with E-state index in [0.29, 0.717) is 0 Å². The average molecular weight is 318 g/mol. The van der Waals surface area contributed by atoms with E-state index in [-0.39, 0.29) is 25.0 Å². The predicted octanol–water partition coefficient (Wildman–Crippen LogP) is 3.23. The molecule has 0 aliphatic rings. The molecule has 2 unspecified atom stereocenters. The Balaban J connectivity index is 4.37. The van der Waals surface area contributed by atoms with Crippen molar-refractivity contribution in [3.63, 3.8) is 0 Å². The van der Waals surface area contributed by atoms with Crippen LogP contribution in [0.25, 0.3) is 0 Å². The minimum atomic E-state index is -0.770. The highest BCUT2D eigenvalue weighted by molar-refractivity contribution is 5.59. The Kier molecular flexibility index (Phi) is 7.86. The van der Waals surface area contributed by atoms with E-state index in [9.17, 15) is 15.0 Å². The summed E-state index contributed by atoms with van der Waals surface area (Å²) in [4.78, 5) is 11.7. The van der Waals surface area contributed by atoms with Gasteiger partial charge in [0.15, 0.2) is 0 Å². The summed E-state index contributed by atoms with van der Waals surface area (Å²) in [7, 11) is 0. The lowest BCUT2D eigenvalue weighted by atomic mass is 9.81. The molecule has 2 N–H and O–H groups in total. The highest BCUT2D eigenvalue weighted by atomic mass is 16.7. The maximum absolute atomic E-state index is 11.7. The lowest BCUT2D eigenvalue weighted by Crippen LogP contribution is -2.40. The van der Waals surface area contributed by atoms with E-state index < -0.39 is 29.2 Å². The molecule has 22 heavy (non-hydrogen) atoms. The first kappa shape index (κ1) is 21.2. The quantitative estimate of drug-likeness (QED) is 0.672. The zero-order valence-corrected chi connectivity index (χ0v) is 15.3. The minimum Gasteiger partial charge on any atom is -0.434 e. The number of carbonyl (C=O) groups is 1. The van der Waals surface area contributed by atoms with Crippen molar-refractivity contribution in [1.29, 1.82) is 0 Å². The van der Waals surface area contributed by atoms with E-state index in [1.165, 1.54) is 0 Å². The summed E-state index contributed by atoms with van der Waals surface area (Å²) in [6.07, 6.45) is -1.91. The van der Waals surface area contributed by atoms with Gasteiger partial charge in [-0.3, -0.25) is 0 Å². The molecular weight excluding hydrogens is 284 g/mol. The maximum Gasteiger partial charge on any atom is 0.508 e. The van der Waals surface area contributed by atoms with Crippen LogP contribution in [0.1, 0.15) is 55.4 Å². The van der Waals surface area contributed by atoms with Crippen molar-refractivity contribution in [2.45, 2.75) is 67.6 Å². The fraction of sp³-hybridized carbons (Fsp3) is 0.941. The second-order valence-corrected chi connectivity index (χ2v) is 8.18. The fourth-order valence-corrected chi connectivity index (χ4v) is 2.51. The molecule has 0 aromatic carbocycles. The summed E-state index contributed by atoms with van der Waals surface area (Å²) in [6, 6.07) is 0. The first-order valence-electron chi connectivity index (χ1n) is 7.97. The Morgan fingerprint density at radius 3 is 1.32 bits per heavy atom. The van der Waals surface area contributed by atoms with Gasteiger partial charge in [-0.05, 0) is 11.8 Å². The number of aliphatic hydroxyl groups is 2. The minimum absolute atomic E-state index is 0.0785. The summed E-state index contributed by atoms with van der Waals surface area (Å²) < 4.78 is 10.2. The average Bonchev–Trinajstić information content (AvgIpc) is 2.40. The Morgan fingerprint density at radius 1 is 0.818 bits per heavy atom. The first-order valence-corrected chi connectivity index (χ1v) is 7.97. The van der Waals surface area contributed by atoms with Gasteiger partial charge in [-0.2, -0.15) is 0 Å². The molecular formula is C17H34O5. The molecule has 5 nitrogen and oxygen atoms in total. The third kappa shape index (κ3) is 6.53. The Morgan fingerprint density at radius 2 is 1.09 bits per heavy atom. The molecule has 0 fully saturated rings. The van der Waals surface area contributed by atoms with Crippen LogP contribution in [-0.4, -0.2) is 41.8 Å². The van der Waals surface area contributed by atoms with Crippen molar-refractivity contribution in [1.82, 2.24) is 0 Å². The van der Waals surface area contributed by atoms with E-state index in [4.69, 9.17) is 9.47 Å². The Hall–Kier alpha value is -0.810. The molecule has 0 aromatic rings. The van der Waals surface area contributed by atoms with Crippen LogP contribution in [0.3, 0.4) is 0 Å². The molecule has 132 valence electrons. The third-order valence-corrected chi connectivity index (χ3v) is 3.99. The van der Waals surface area contributed by atoms with Gasteiger partial charge in [-0.1, -0.05) is 55.4 Å². The van der Waals surface area contributed by atoms with Crippen LogP contribution in [0.2, 0.25) is 0 Å². The highest BCUT2D eigenvalue weighted by Gasteiger charge is 2.34. The number of carbonyl (C=O) groups excluding carboxylic acids is 1. The van der Waals surface area contributed by atoms with E-state index >= 15 is 0 Å². The molecule has 0 heterocycles. The smallest absolute Gasteiger partial charge is 0.434 e. The van der Waals surface area contributed by atoms with Gasteiger partial charge in [0.05, 0.1) is 12.2 Å². The second kappa shape index (κ2) is 8.16. The number of ether oxygens (including phenoxy) is 2. The molecule has 0 spiro atoms. The van der Waals surface area contributed by atoms with Gasteiger partial charge in [0.2, 0.25) is 0 Å². The molecule has 0 amide bonds. The second-order valence-electron chi connectivity index (χ2n) is 8.18. The van der Waals surface area contributed by atoms with Crippen molar-refractivity contribution < 1.29 is 24.5 Å². The summed E-state index contributed by atoms with van der Waals surface area (Å²) in [6.45, 7) is 15.2. The molecule has 0 aliphatic heterocycles. The molecule has 0 aliphatic carbocycles. The Labute approximate surface area is 135 Å². The van der Waals surface area contributed by atoms with Crippen LogP contribution >= 0.6 is 0 Å². The highest BCUT2D eigenvalue weighted by Crippen LogP contribution is 2.28. The molecule has 2 atom stereocenters. The summed E-state index contributed by atoms with van der Waals surface area (Å²) >= 11 is 0. The van der Waals surface area contributed by atoms with Crippen molar-refractivity contribution in [2.24, 2.45) is 22.7 Å². The van der Waals surface area contributed by atoms with Gasteiger partial charge in [-0.25, -0.2) is 4.79 Å². The summed E-state index contributed by atoms with van der Waals surface area (Å²) in [5, 5.41) is 20.2. The van der Waals surface area contributed by atoms with Gasteiger partial charge >= 0.3 is 6.16 Å². The van der Waals surface area contributed by atoms with Gasteiger partial charge in [-0.15, -0.1) is 0 Å². The van der Waals surface area contributed by atoms with Crippen LogP contribution in [0.4, 0.5) is 4.79 Å². The van der Waals surface area contributed by atoms with Crippen LogP contribution < -0.4 is 0 Å². The van der Waals surface area contributed by atoms with Gasteiger partial charge in [0.1, 0.15) is 13.2 Å². The number of hydrogen-bond acceptors (Lipinski definition) is 5. The van der Waals surface area contributed by atoms with E-state index in [2.05, 4.69) is 0 Å². The van der Waals surface area contributed by atoms with Crippen LogP contribution in [-0.2, 0) is 9.47 Å². The standard InChI is InChI=1S/C17H34O5/c1-11(2)13(18)16(5,6)9-21-15(20)22-10-17(7,8)14(19)12(3)4/h11-14,18-19H,9-10H2,1-8H3. The van der Waals surface area contributed by atoms with Crippen LogP contribution in [0.15, 0.2) is 0 Å². The topological polar surface area (TPSA) is 76.0 Å². The normalized spacial score (nSPS) is 15.8. The molecule has 0 saturated heterocycles. The van der Waals surface area contributed by atoms with E-state index in [1.54, 1.807) is 0 Å². The SMILES string of the molecule is CC(C)C(O)C(C)(C)COC(=O)OCC(C)(C)C(O)C(C)C. The van der Waals surface area contributed by atoms with Crippen molar-refractivity contribution in [3.8, 4) is 0 Å². The lowest BCUT2D eigenvalue weighted by molar-refractivity contribution is -0.0615. The van der Waals surface area contributed by atoms with Gasteiger partial charge in [0.25, 0.3) is 0 Å². The maximum atomic E-state index is 11.7. The number of hydrogen-bond donors (Lipinski definition) is 2. The monoisotopic (exact) mass is 318 g/mol. The first-order chi connectivity index (χ1) is 9.81. The predicted molar refractivity (Wildman–Crippen MR) is 86.6 cm³/mol. The van der Waals surface area contributed by atoms with Crippen molar-refractivity contribution in [3.05, 3.63) is 0 Å². The molecule has 0 bridgehead atoms. The number of rotatable bonds is 8. The van der Waals surface area contributed by atoms with Gasteiger partial charge < -0.3 is 19.7 Å². The van der Waals surface area contributed by atoms with Crippen LogP contribution in [0, 0.1) is 22.7 Å². The van der Waals surface area contributed by atoms with E-state index in [1.807, 2.05) is 55.4 Å². The fourth-order valence-electron chi connectivity index (χ4n) is 2.51. The van der Waals surface area contributed by atoms with Crippen molar-refractivity contribution >= 4 is 6.16 Å². The molecule has 0 saturated carbocycles. The summed E-state index contributed by atoms with van der Waals surface area (Å²) in [5.74, 6) is 0.157. The van der Waals surface area contributed by atoms with Gasteiger partial charge in [0, 0.05) is 10.8 Å². The molecule has 0 aromatic heterocycles. The van der Waals surface area contributed by atoms with Crippen molar-refractivity contribution in [2.75, 3.05) is 13.2 Å². The molecule has 0 radical (unpaired) electrons. The summed E-state index contributed by atoms with van der Waals surface area (Å²) in [5.41, 5.74) is -1.08. The Bertz CT molecular complexity index is 315. The lowest BCUT2D eigenvalue weighted by Gasteiger charge is -2.33. The third-order valence-electron chi connectivity index (χ3n) is 3.99. The molecule has 5 heteroatoms. The zero-order chi connectivity index (χ0) is 17.7. The molecule has 0 rings (SSSR count). The largest absolute Gasteiger partial charge is 0.508 e. The van der Waals surface area contributed by atoms with Crippen LogP contribution in [0.5, 0.6) is 0 Å². The van der Waals surface area contributed by atoms with E-state index in [0.717, 1.165) is 0 Å².